The molecule has 0 aliphatic rings. The quantitative estimate of drug-likeness (QED) is 0.521. The number of carbonyl (C=O) groups excluding carboxylic acids is 1. The molecule has 1 unspecified atom stereocenters. The molecule has 0 saturated heterocycles. The second-order valence-electron chi connectivity index (χ2n) is 3.06. The Kier molecular flexibility index (Phi) is 6.40. The normalized spacial score (nSPS) is 12.6. The van der Waals surface area contributed by atoms with Crippen LogP contribution in [-0.4, -0.2) is 42.1 Å². The maximum Gasteiger partial charge on any atom is 0.323 e. The maximum atomic E-state index is 11.4. The van der Waals surface area contributed by atoms with Gasteiger partial charge in [0.2, 0.25) is 0 Å². The molecule has 0 radical (unpaired) electrons. The van der Waals surface area contributed by atoms with Crippen molar-refractivity contribution in [2.75, 3.05) is 20.2 Å². The third-order valence-electron chi connectivity index (χ3n) is 1.88. The molecular weight excluding hydrogens is 200 g/mol. The topological polar surface area (TPSA) is 55.6 Å². The molecule has 2 N–H and O–H groups in total. The predicted molar refractivity (Wildman–Crippen MR) is 60.1 cm³/mol. The van der Waals surface area contributed by atoms with Crippen molar-refractivity contribution < 1.29 is 9.53 Å². The first-order valence-corrected chi connectivity index (χ1v) is 5.08. The number of ether oxygens (including phenoxy) is 1. The van der Waals surface area contributed by atoms with Crippen molar-refractivity contribution in [3.8, 4) is 0 Å². The van der Waals surface area contributed by atoms with E-state index in [1.807, 2.05) is 14.0 Å². The number of carbonyl (C=O) groups is 1. The Hall–Kier alpha value is -0.680. The fourth-order valence-corrected chi connectivity index (χ4v) is 1.46. The summed E-state index contributed by atoms with van der Waals surface area (Å²) in [7, 11) is 1.81. The SMILES string of the molecule is CCOC(=O)C(CC)N(C)CC(N)=S. The zero-order valence-corrected chi connectivity index (χ0v) is 9.76. The Labute approximate surface area is 90.4 Å². The van der Waals surface area contributed by atoms with Crippen LogP contribution in [0.15, 0.2) is 0 Å². The van der Waals surface area contributed by atoms with Gasteiger partial charge in [0.15, 0.2) is 0 Å². The van der Waals surface area contributed by atoms with Crippen molar-refractivity contribution in [1.29, 1.82) is 0 Å². The van der Waals surface area contributed by atoms with Gasteiger partial charge in [0.25, 0.3) is 0 Å². The number of likely N-dealkylation sites (N-methyl/N-ethyl adjacent to an activating group) is 1. The monoisotopic (exact) mass is 218 g/mol. The van der Waals surface area contributed by atoms with E-state index in [-0.39, 0.29) is 12.0 Å². The van der Waals surface area contributed by atoms with Crippen LogP contribution in [0.2, 0.25) is 0 Å². The zero-order chi connectivity index (χ0) is 11.1. The molecule has 4 nitrogen and oxygen atoms in total. The number of esters is 1. The lowest BCUT2D eigenvalue weighted by Gasteiger charge is -2.24. The van der Waals surface area contributed by atoms with Crippen LogP contribution in [0.4, 0.5) is 0 Å². The van der Waals surface area contributed by atoms with Gasteiger partial charge in [-0.25, -0.2) is 0 Å². The van der Waals surface area contributed by atoms with Gasteiger partial charge < -0.3 is 10.5 Å². The molecule has 0 aliphatic carbocycles. The first-order chi connectivity index (χ1) is 6.52. The van der Waals surface area contributed by atoms with Gasteiger partial charge in [0.1, 0.15) is 6.04 Å². The minimum atomic E-state index is -0.253. The van der Waals surface area contributed by atoms with Crippen molar-refractivity contribution in [3.05, 3.63) is 0 Å². The second kappa shape index (κ2) is 6.73. The molecule has 0 heterocycles. The summed E-state index contributed by atoms with van der Waals surface area (Å²) < 4.78 is 4.93. The highest BCUT2D eigenvalue weighted by Crippen LogP contribution is 2.03. The van der Waals surface area contributed by atoms with Gasteiger partial charge in [0, 0.05) is 6.54 Å². The molecule has 1 atom stereocenters. The van der Waals surface area contributed by atoms with Gasteiger partial charge in [-0.05, 0) is 20.4 Å². The minimum absolute atomic E-state index is 0.214. The van der Waals surface area contributed by atoms with E-state index >= 15 is 0 Å². The highest BCUT2D eigenvalue weighted by Gasteiger charge is 2.22. The molecule has 0 bridgehead atoms. The molecule has 0 aromatic heterocycles. The molecule has 0 aromatic carbocycles. The second-order valence-corrected chi connectivity index (χ2v) is 3.58. The van der Waals surface area contributed by atoms with Crippen molar-refractivity contribution in [2.24, 2.45) is 5.73 Å². The fraction of sp³-hybridized carbons (Fsp3) is 0.778. The van der Waals surface area contributed by atoms with Crippen LogP contribution in [-0.2, 0) is 9.53 Å². The zero-order valence-electron chi connectivity index (χ0n) is 8.95. The van der Waals surface area contributed by atoms with Gasteiger partial charge in [-0.1, -0.05) is 19.1 Å². The Morgan fingerprint density at radius 1 is 1.57 bits per heavy atom. The van der Waals surface area contributed by atoms with Crippen molar-refractivity contribution in [1.82, 2.24) is 4.90 Å². The van der Waals surface area contributed by atoms with E-state index in [0.29, 0.717) is 24.6 Å². The van der Waals surface area contributed by atoms with Crippen molar-refractivity contribution in [3.63, 3.8) is 0 Å². The molecule has 0 rings (SSSR count). The number of hydrogen-bond acceptors (Lipinski definition) is 4. The van der Waals surface area contributed by atoms with Crippen molar-refractivity contribution in [2.45, 2.75) is 26.3 Å². The number of rotatable bonds is 6. The van der Waals surface area contributed by atoms with E-state index in [1.165, 1.54) is 0 Å². The third-order valence-corrected chi connectivity index (χ3v) is 2.01. The number of nitrogens with zero attached hydrogens (tertiary/aromatic N) is 1. The van der Waals surface area contributed by atoms with E-state index < -0.39 is 0 Å². The molecule has 0 spiro atoms. The summed E-state index contributed by atoms with van der Waals surface area (Å²) in [5.74, 6) is -0.214. The van der Waals surface area contributed by atoms with Crippen LogP contribution < -0.4 is 5.73 Å². The van der Waals surface area contributed by atoms with Crippen LogP contribution in [0.25, 0.3) is 0 Å². The molecule has 0 fully saturated rings. The Bertz CT molecular complexity index is 209. The summed E-state index contributed by atoms with van der Waals surface area (Å²) in [4.78, 5) is 13.6. The van der Waals surface area contributed by atoms with Crippen LogP contribution in [0.5, 0.6) is 0 Å². The summed E-state index contributed by atoms with van der Waals surface area (Å²) in [5, 5.41) is 0. The van der Waals surface area contributed by atoms with Crippen LogP contribution in [0.3, 0.4) is 0 Å². The maximum absolute atomic E-state index is 11.4. The summed E-state index contributed by atoms with van der Waals surface area (Å²) in [6, 6.07) is -0.253. The third kappa shape index (κ3) is 4.53. The number of thiocarbonyl (C=S) groups is 1. The first-order valence-electron chi connectivity index (χ1n) is 4.68. The van der Waals surface area contributed by atoms with Crippen LogP contribution in [0.1, 0.15) is 20.3 Å². The lowest BCUT2D eigenvalue weighted by atomic mass is 10.2. The van der Waals surface area contributed by atoms with Gasteiger partial charge in [-0.2, -0.15) is 0 Å². The smallest absolute Gasteiger partial charge is 0.323 e. The van der Waals surface area contributed by atoms with Crippen LogP contribution in [0, 0.1) is 0 Å². The minimum Gasteiger partial charge on any atom is -0.465 e. The van der Waals surface area contributed by atoms with Crippen LogP contribution >= 0.6 is 12.2 Å². The number of nitrogens with two attached hydrogens (primary N) is 1. The largest absolute Gasteiger partial charge is 0.465 e. The molecular formula is C9H18N2O2S. The fourth-order valence-electron chi connectivity index (χ4n) is 1.25. The standard InChI is InChI=1S/C9H18N2O2S/c1-4-7(9(12)13-5-2)11(3)6-8(10)14/h7H,4-6H2,1-3H3,(H2,10,14). The van der Waals surface area contributed by atoms with Gasteiger partial charge in [-0.15, -0.1) is 0 Å². The lowest BCUT2D eigenvalue weighted by molar-refractivity contribution is -0.148. The molecule has 0 amide bonds. The van der Waals surface area contributed by atoms with E-state index in [0.717, 1.165) is 0 Å². The summed E-state index contributed by atoms with van der Waals surface area (Å²) in [6.07, 6.45) is 0.692. The first kappa shape index (κ1) is 13.3. The molecule has 14 heavy (non-hydrogen) atoms. The molecule has 5 heteroatoms. The highest BCUT2D eigenvalue weighted by molar-refractivity contribution is 7.80. The highest BCUT2D eigenvalue weighted by atomic mass is 32.1. The van der Waals surface area contributed by atoms with E-state index in [9.17, 15) is 4.79 Å². The summed E-state index contributed by atoms with van der Waals surface area (Å²) >= 11 is 4.77. The Balaban J connectivity index is 4.23. The Morgan fingerprint density at radius 2 is 2.14 bits per heavy atom. The Morgan fingerprint density at radius 3 is 2.50 bits per heavy atom. The van der Waals surface area contributed by atoms with E-state index in [2.05, 4.69) is 0 Å². The molecule has 0 saturated carbocycles. The summed E-state index contributed by atoms with van der Waals surface area (Å²) in [5.41, 5.74) is 5.40. The predicted octanol–water partition coefficient (Wildman–Crippen LogP) is 0.546. The summed E-state index contributed by atoms with van der Waals surface area (Å²) in [6.45, 7) is 4.55. The molecule has 0 aromatic rings. The average Bonchev–Trinajstić information content (AvgIpc) is 2.04. The van der Waals surface area contributed by atoms with Gasteiger partial charge in [0.05, 0.1) is 11.6 Å². The van der Waals surface area contributed by atoms with Gasteiger partial charge >= 0.3 is 5.97 Å². The number of hydrogen-bond donors (Lipinski definition) is 1. The molecule has 82 valence electrons. The van der Waals surface area contributed by atoms with Gasteiger partial charge in [-0.3, -0.25) is 9.69 Å². The lowest BCUT2D eigenvalue weighted by Crippen LogP contribution is -2.43. The van der Waals surface area contributed by atoms with E-state index in [4.69, 9.17) is 22.7 Å². The van der Waals surface area contributed by atoms with Crippen molar-refractivity contribution >= 4 is 23.2 Å². The molecule has 0 aliphatic heterocycles. The van der Waals surface area contributed by atoms with E-state index in [1.54, 1.807) is 11.8 Å². The average molecular weight is 218 g/mol.